The third-order valence-corrected chi connectivity index (χ3v) is 6.14. The maximum absolute atomic E-state index is 15.1. The highest BCUT2D eigenvalue weighted by atomic mass is 19.1. The molecule has 0 spiro atoms. The molecule has 4 aromatic rings. The fourth-order valence-corrected chi connectivity index (χ4v) is 4.32. The number of nitrogens with zero attached hydrogens (tertiary/aromatic N) is 4. The molecule has 1 saturated carbocycles. The Bertz CT molecular complexity index is 1340. The molecule has 2 atom stereocenters. The lowest BCUT2D eigenvalue weighted by Crippen LogP contribution is -2.25. The Balaban J connectivity index is 1.33. The standard InChI is InChI=1S/C23H25FN8O/c1-2-32-12-15(23-28-30-31-29-23)22(33)19-18(32)11-17(20(24)21(19)25)27-9-8-26-16-10-14(16)13-6-4-3-5-7-13/h3-7,11-12,14,16,26-27H,2,8-10,25H2,1H3,(H,28,29,30,31)/t14-,16+/m0/s1. The number of nitrogens with one attached hydrogen (secondary N) is 3. The molecule has 10 heteroatoms. The molecule has 0 unspecified atom stereocenters. The number of benzene rings is 2. The van der Waals surface area contributed by atoms with Crippen LogP contribution in [0.1, 0.15) is 24.8 Å². The van der Waals surface area contributed by atoms with Gasteiger partial charge in [0.15, 0.2) is 5.82 Å². The molecule has 0 amide bonds. The normalized spacial score (nSPS) is 17.4. The number of rotatable bonds is 8. The first kappa shape index (κ1) is 21.1. The van der Waals surface area contributed by atoms with Crippen LogP contribution in [-0.2, 0) is 6.54 Å². The zero-order valence-corrected chi connectivity index (χ0v) is 18.2. The molecular weight excluding hydrogens is 423 g/mol. The van der Waals surface area contributed by atoms with E-state index < -0.39 is 11.2 Å². The highest BCUT2D eigenvalue weighted by Gasteiger charge is 2.37. The van der Waals surface area contributed by atoms with Crippen molar-refractivity contribution in [3.63, 3.8) is 0 Å². The van der Waals surface area contributed by atoms with E-state index >= 15 is 4.39 Å². The first-order valence-corrected chi connectivity index (χ1v) is 11.0. The van der Waals surface area contributed by atoms with E-state index in [0.717, 1.165) is 6.42 Å². The van der Waals surface area contributed by atoms with Crippen LogP contribution >= 0.6 is 0 Å². The minimum absolute atomic E-state index is 0.115. The number of fused-ring (bicyclic) bond motifs is 1. The first-order chi connectivity index (χ1) is 16.1. The summed E-state index contributed by atoms with van der Waals surface area (Å²) in [4.78, 5) is 13.1. The SMILES string of the molecule is CCn1cc(-c2nn[nH]n2)c(=O)c2c(N)c(F)c(NCCN[C@@H]3C[C@H]3c3ccccc3)cc21. The summed E-state index contributed by atoms with van der Waals surface area (Å²) >= 11 is 0. The number of aromatic amines is 1. The minimum atomic E-state index is -0.638. The zero-order chi connectivity index (χ0) is 22.9. The predicted molar refractivity (Wildman–Crippen MR) is 126 cm³/mol. The molecule has 0 saturated heterocycles. The van der Waals surface area contributed by atoms with Gasteiger partial charge in [-0.3, -0.25) is 4.79 Å². The number of nitrogens with two attached hydrogens (primary N) is 1. The number of nitrogen functional groups attached to an aromatic ring is 1. The predicted octanol–water partition coefficient (Wildman–Crippen LogP) is 2.48. The van der Waals surface area contributed by atoms with E-state index in [4.69, 9.17) is 5.73 Å². The molecule has 0 aliphatic heterocycles. The number of H-pyrrole nitrogens is 1. The Hall–Kier alpha value is -3.79. The molecule has 0 bridgehead atoms. The number of pyridine rings is 1. The van der Waals surface area contributed by atoms with Gasteiger partial charge in [0.1, 0.15) is 0 Å². The molecule has 5 rings (SSSR count). The Kier molecular flexibility index (Phi) is 5.51. The van der Waals surface area contributed by atoms with Crippen molar-refractivity contribution in [2.45, 2.75) is 31.8 Å². The maximum Gasteiger partial charge on any atom is 0.210 e. The average molecular weight is 449 g/mol. The van der Waals surface area contributed by atoms with Crippen LogP contribution in [0, 0.1) is 5.82 Å². The van der Waals surface area contributed by atoms with Crippen LogP contribution < -0.4 is 21.8 Å². The zero-order valence-electron chi connectivity index (χ0n) is 18.2. The lowest BCUT2D eigenvalue weighted by Gasteiger charge is -2.16. The van der Waals surface area contributed by atoms with Gasteiger partial charge in [0, 0.05) is 37.8 Å². The summed E-state index contributed by atoms with van der Waals surface area (Å²) in [5, 5.41) is 20.3. The lowest BCUT2D eigenvalue weighted by atomic mass is 10.1. The summed E-state index contributed by atoms with van der Waals surface area (Å²) in [6.07, 6.45) is 2.75. The number of aryl methyl sites for hydroxylation is 1. The molecule has 2 heterocycles. The van der Waals surface area contributed by atoms with Gasteiger partial charge >= 0.3 is 0 Å². The Morgan fingerprint density at radius 1 is 1.27 bits per heavy atom. The van der Waals surface area contributed by atoms with Gasteiger partial charge < -0.3 is 20.9 Å². The molecular formula is C23H25FN8O. The van der Waals surface area contributed by atoms with Gasteiger partial charge in [-0.1, -0.05) is 30.3 Å². The molecule has 33 heavy (non-hydrogen) atoms. The molecule has 5 N–H and O–H groups in total. The second-order valence-corrected chi connectivity index (χ2v) is 8.18. The Morgan fingerprint density at radius 3 is 2.82 bits per heavy atom. The van der Waals surface area contributed by atoms with Crippen molar-refractivity contribution in [3.05, 3.63) is 64.2 Å². The van der Waals surface area contributed by atoms with Crippen LogP contribution in [0.3, 0.4) is 0 Å². The number of aromatic nitrogens is 5. The van der Waals surface area contributed by atoms with Crippen molar-refractivity contribution in [2.24, 2.45) is 0 Å². The van der Waals surface area contributed by atoms with Crippen molar-refractivity contribution in [1.29, 1.82) is 0 Å². The summed E-state index contributed by atoms with van der Waals surface area (Å²) in [5.41, 5.74) is 7.86. The van der Waals surface area contributed by atoms with Gasteiger partial charge in [0.2, 0.25) is 11.3 Å². The Morgan fingerprint density at radius 2 is 2.09 bits per heavy atom. The van der Waals surface area contributed by atoms with Gasteiger partial charge in [-0.15, -0.1) is 10.2 Å². The molecule has 1 aliphatic rings. The van der Waals surface area contributed by atoms with Crippen molar-refractivity contribution in [2.75, 3.05) is 24.1 Å². The molecule has 2 aromatic heterocycles. The molecule has 0 radical (unpaired) electrons. The van der Waals surface area contributed by atoms with E-state index in [9.17, 15) is 4.79 Å². The highest BCUT2D eigenvalue weighted by Crippen LogP contribution is 2.40. The lowest BCUT2D eigenvalue weighted by molar-refractivity contribution is 0.633. The fraction of sp³-hybridized carbons (Fsp3) is 0.304. The molecule has 1 aliphatic carbocycles. The van der Waals surface area contributed by atoms with E-state index in [0.29, 0.717) is 37.1 Å². The van der Waals surface area contributed by atoms with Crippen molar-refractivity contribution in [3.8, 4) is 11.4 Å². The van der Waals surface area contributed by atoms with E-state index in [-0.39, 0.29) is 28.1 Å². The highest BCUT2D eigenvalue weighted by molar-refractivity contribution is 5.96. The number of hydrogen-bond donors (Lipinski definition) is 4. The summed E-state index contributed by atoms with van der Waals surface area (Å²) in [5.74, 6) is 0.0406. The van der Waals surface area contributed by atoms with E-state index in [1.54, 1.807) is 12.3 Å². The summed E-state index contributed by atoms with van der Waals surface area (Å²) in [7, 11) is 0. The minimum Gasteiger partial charge on any atom is -0.396 e. The van der Waals surface area contributed by atoms with Gasteiger partial charge in [-0.2, -0.15) is 5.21 Å². The molecule has 170 valence electrons. The summed E-state index contributed by atoms with van der Waals surface area (Å²) in [6.45, 7) is 3.69. The Labute approximate surface area is 189 Å². The van der Waals surface area contributed by atoms with Gasteiger partial charge in [-0.05, 0) is 30.2 Å². The third-order valence-electron chi connectivity index (χ3n) is 6.14. The smallest absolute Gasteiger partial charge is 0.210 e. The number of tetrazole rings is 1. The van der Waals surface area contributed by atoms with Crippen LogP contribution in [-0.4, -0.2) is 44.3 Å². The first-order valence-electron chi connectivity index (χ1n) is 11.0. The second kappa shape index (κ2) is 8.62. The van der Waals surface area contributed by atoms with Crippen molar-refractivity contribution < 1.29 is 4.39 Å². The van der Waals surface area contributed by atoms with Crippen LogP contribution in [0.15, 0.2) is 47.4 Å². The van der Waals surface area contributed by atoms with Gasteiger partial charge in [-0.25, -0.2) is 4.39 Å². The van der Waals surface area contributed by atoms with Crippen LogP contribution in [0.25, 0.3) is 22.3 Å². The summed E-state index contributed by atoms with van der Waals surface area (Å²) in [6, 6.07) is 12.5. The van der Waals surface area contributed by atoms with Crippen molar-refractivity contribution >= 4 is 22.3 Å². The van der Waals surface area contributed by atoms with E-state index in [1.165, 1.54) is 5.56 Å². The van der Waals surface area contributed by atoms with Gasteiger partial charge in [0.25, 0.3) is 0 Å². The second-order valence-electron chi connectivity index (χ2n) is 8.18. The number of anilines is 2. The molecule has 2 aromatic carbocycles. The van der Waals surface area contributed by atoms with E-state index in [1.807, 2.05) is 17.6 Å². The monoisotopic (exact) mass is 448 g/mol. The van der Waals surface area contributed by atoms with Crippen LogP contribution in [0.2, 0.25) is 0 Å². The molecule has 1 fully saturated rings. The number of hydrogen-bond acceptors (Lipinski definition) is 7. The van der Waals surface area contributed by atoms with Crippen molar-refractivity contribution in [1.82, 2.24) is 30.5 Å². The molecule has 9 nitrogen and oxygen atoms in total. The quantitative estimate of drug-likeness (QED) is 0.241. The fourth-order valence-electron chi connectivity index (χ4n) is 4.32. The van der Waals surface area contributed by atoms with E-state index in [2.05, 4.69) is 55.5 Å². The third kappa shape index (κ3) is 3.93. The topological polar surface area (TPSA) is 127 Å². The maximum atomic E-state index is 15.1. The van der Waals surface area contributed by atoms with Crippen LogP contribution in [0.5, 0.6) is 0 Å². The summed E-state index contributed by atoms with van der Waals surface area (Å²) < 4.78 is 16.9. The largest absolute Gasteiger partial charge is 0.396 e. The van der Waals surface area contributed by atoms with Crippen LogP contribution in [0.4, 0.5) is 15.8 Å². The number of halogens is 1. The average Bonchev–Trinajstić information content (AvgIpc) is 3.40. The van der Waals surface area contributed by atoms with Gasteiger partial charge in [0.05, 0.1) is 27.8 Å².